The van der Waals surface area contributed by atoms with Crippen LogP contribution in [0.2, 0.25) is 0 Å². The van der Waals surface area contributed by atoms with Crippen molar-refractivity contribution in [3.05, 3.63) is 33.8 Å². The van der Waals surface area contributed by atoms with Crippen molar-refractivity contribution in [3.8, 4) is 0 Å². The van der Waals surface area contributed by atoms with Gasteiger partial charge in [-0.25, -0.2) is 0 Å². The van der Waals surface area contributed by atoms with E-state index in [2.05, 4.69) is 21.2 Å². The van der Waals surface area contributed by atoms with Crippen molar-refractivity contribution in [3.63, 3.8) is 0 Å². The fourth-order valence-electron chi connectivity index (χ4n) is 1.27. The lowest BCUT2D eigenvalue weighted by Gasteiger charge is -2.14. The minimum Gasteiger partial charge on any atom is -0.394 e. The molecular formula is C11H14BrNO3. The number of aliphatic hydroxyl groups excluding tert-OH is 2. The van der Waals surface area contributed by atoms with E-state index < -0.39 is 6.04 Å². The van der Waals surface area contributed by atoms with Gasteiger partial charge in [0.1, 0.15) is 0 Å². The van der Waals surface area contributed by atoms with E-state index in [4.69, 9.17) is 10.2 Å². The van der Waals surface area contributed by atoms with Gasteiger partial charge in [-0.05, 0) is 24.6 Å². The molecule has 1 rings (SSSR count). The molecule has 1 aromatic carbocycles. The fourth-order valence-corrected chi connectivity index (χ4v) is 1.63. The van der Waals surface area contributed by atoms with Crippen molar-refractivity contribution >= 4 is 21.8 Å². The molecule has 16 heavy (non-hydrogen) atoms. The van der Waals surface area contributed by atoms with Gasteiger partial charge in [-0.3, -0.25) is 4.79 Å². The number of nitrogens with one attached hydrogen (secondary N) is 1. The predicted octanol–water partition coefficient (Wildman–Crippen LogP) is 0.841. The first-order chi connectivity index (χ1) is 7.60. The summed E-state index contributed by atoms with van der Waals surface area (Å²) in [7, 11) is 0. The van der Waals surface area contributed by atoms with Gasteiger partial charge in [0.05, 0.1) is 19.3 Å². The zero-order valence-electron chi connectivity index (χ0n) is 8.90. The molecule has 3 N–H and O–H groups in total. The molecule has 0 aliphatic rings. The molecule has 0 fully saturated rings. The lowest BCUT2D eigenvalue weighted by Crippen LogP contribution is -2.40. The van der Waals surface area contributed by atoms with Crippen LogP contribution in [0.5, 0.6) is 0 Å². The third kappa shape index (κ3) is 3.04. The van der Waals surface area contributed by atoms with E-state index in [9.17, 15) is 4.79 Å². The molecule has 0 unspecified atom stereocenters. The number of hydrogen-bond donors (Lipinski definition) is 3. The first-order valence-corrected chi connectivity index (χ1v) is 5.67. The molecule has 0 saturated carbocycles. The SMILES string of the molecule is Cc1c(Br)cccc1C(=O)NC(CO)CO. The number of hydrogen-bond acceptors (Lipinski definition) is 3. The molecule has 88 valence electrons. The second kappa shape index (κ2) is 5.98. The number of carbonyl (C=O) groups is 1. The minimum atomic E-state index is -0.620. The smallest absolute Gasteiger partial charge is 0.251 e. The highest BCUT2D eigenvalue weighted by Crippen LogP contribution is 2.19. The highest BCUT2D eigenvalue weighted by Gasteiger charge is 2.14. The van der Waals surface area contributed by atoms with Crippen LogP contribution in [-0.4, -0.2) is 35.4 Å². The Morgan fingerprint density at radius 3 is 2.62 bits per heavy atom. The molecular weight excluding hydrogens is 274 g/mol. The molecule has 4 nitrogen and oxygen atoms in total. The summed E-state index contributed by atoms with van der Waals surface area (Å²) in [6.07, 6.45) is 0. The van der Waals surface area contributed by atoms with Gasteiger partial charge >= 0.3 is 0 Å². The molecule has 0 radical (unpaired) electrons. The maximum atomic E-state index is 11.8. The highest BCUT2D eigenvalue weighted by molar-refractivity contribution is 9.10. The number of benzene rings is 1. The second-order valence-electron chi connectivity index (χ2n) is 3.45. The molecule has 0 atom stereocenters. The lowest BCUT2D eigenvalue weighted by atomic mass is 10.1. The first kappa shape index (κ1) is 13.2. The van der Waals surface area contributed by atoms with E-state index in [-0.39, 0.29) is 19.1 Å². The number of halogens is 1. The van der Waals surface area contributed by atoms with Crippen molar-refractivity contribution < 1.29 is 15.0 Å². The Morgan fingerprint density at radius 1 is 1.44 bits per heavy atom. The van der Waals surface area contributed by atoms with Gasteiger partial charge in [0.25, 0.3) is 5.91 Å². The predicted molar refractivity (Wildman–Crippen MR) is 64.3 cm³/mol. The standard InChI is InChI=1S/C11H14BrNO3/c1-7-9(3-2-4-10(7)12)11(16)13-8(5-14)6-15/h2-4,8,14-15H,5-6H2,1H3,(H,13,16). The Kier molecular flexibility index (Phi) is 4.92. The van der Waals surface area contributed by atoms with Gasteiger partial charge in [0.15, 0.2) is 0 Å². The first-order valence-electron chi connectivity index (χ1n) is 4.87. The van der Waals surface area contributed by atoms with Crippen LogP contribution >= 0.6 is 15.9 Å². The van der Waals surface area contributed by atoms with E-state index in [1.165, 1.54) is 0 Å². The molecule has 5 heteroatoms. The Morgan fingerprint density at radius 2 is 2.06 bits per heavy atom. The summed E-state index contributed by atoms with van der Waals surface area (Å²) in [5.41, 5.74) is 1.36. The summed E-state index contributed by atoms with van der Waals surface area (Å²) in [6.45, 7) is 1.26. The highest BCUT2D eigenvalue weighted by atomic mass is 79.9. The third-order valence-corrected chi connectivity index (χ3v) is 3.15. The molecule has 0 bridgehead atoms. The Bertz CT molecular complexity index is 377. The average molecular weight is 288 g/mol. The molecule has 0 heterocycles. The summed E-state index contributed by atoms with van der Waals surface area (Å²) in [5, 5.41) is 20.3. The number of aliphatic hydroxyl groups is 2. The van der Waals surface area contributed by atoms with Gasteiger partial charge in [-0.15, -0.1) is 0 Å². The largest absolute Gasteiger partial charge is 0.394 e. The van der Waals surface area contributed by atoms with E-state index in [1.54, 1.807) is 12.1 Å². The van der Waals surface area contributed by atoms with Crippen LogP contribution in [-0.2, 0) is 0 Å². The van der Waals surface area contributed by atoms with Crippen LogP contribution in [0.25, 0.3) is 0 Å². The maximum absolute atomic E-state index is 11.8. The Labute approximate surface area is 102 Å². The molecule has 0 aliphatic carbocycles. The number of rotatable bonds is 4. The molecule has 0 aliphatic heterocycles. The second-order valence-corrected chi connectivity index (χ2v) is 4.30. The van der Waals surface area contributed by atoms with Crippen molar-refractivity contribution in [2.75, 3.05) is 13.2 Å². The monoisotopic (exact) mass is 287 g/mol. The zero-order chi connectivity index (χ0) is 12.1. The van der Waals surface area contributed by atoms with Gasteiger partial charge < -0.3 is 15.5 Å². The van der Waals surface area contributed by atoms with Crippen molar-refractivity contribution in [1.82, 2.24) is 5.32 Å². The normalized spacial score (nSPS) is 10.6. The van der Waals surface area contributed by atoms with Gasteiger partial charge in [-0.1, -0.05) is 22.0 Å². The zero-order valence-corrected chi connectivity index (χ0v) is 10.5. The summed E-state index contributed by atoms with van der Waals surface area (Å²) >= 11 is 3.34. The molecule has 0 aromatic heterocycles. The van der Waals surface area contributed by atoms with Crippen LogP contribution in [0.3, 0.4) is 0 Å². The number of carbonyl (C=O) groups excluding carboxylic acids is 1. The van der Waals surface area contributed by atoms with Crippen molar-refractivity contribution in [1.29, 1.82) is 0 Å². The number of amides is 1. The van der Waals surface area contributed by atoms with Crippen LogP contribution in [0.15, 0.2) is 22.7 Å². The fraction of sp³-hybridized carbons (Fsp3) is 0.364. The quantitative estimate of drug-likeness (QED) is 0.769. The van der Waals surface area contributed by atoms with E-state index >= 15 is 0 Å². The summed E-state index contributed by atoms with van der Waals surface area (Å²) < 4.78 is 0.852. The van der Waals surface area contributed by atoms with Gasteiger partial charge in [-0.2, -0.15) is 0 Å². The third-order valence-electron chi connectivity index (χ3n) is 2.29. The maximum Gasteiger partial charge on any atom is 0.251 e. The van der Waals surface area contributed by atoms with Crippen LogP contribution < -0.4 is 5.32 Å². The van der Waals surface area contributed by atoms with E-state index in [0.717, 1.165) is 10.0 Å². The van der Waals surface area contributed by atoms with E-state index in [0.29, 0.717) is 5.56 Å². The van der Waals surface area contributed by atoms with Gasteiger partial charge in [0, 0.05) is 10.0 Å². The summed E-state index contributed by atoms with van der Waals surface area (Å²) in [6, 6.07) is 4.69. The van der Waals surface area contributed by atoms with Crippen LogP contribution in [0.4, 0.5) is 0 Å². The molecule has 1 amide bonds. The van der Waals surface area contributed by atoms with E-state index in [1.807, 2.05) is 13.0 Å². The van der Waals surface area contributed by atoms with Crippen LogP contribution in [0.1, 0.15) is 15.9 Å². The molecule has 0 spiro atoms. The van der Waals surface area contributed by atoms with Gasteiger partial charge in [0.2, 0.25) is 0 Å². The summed E-state index contributed by atoms with van der Waals surface area (Å²) in [5.74, 6) is -0.299. The molecule has 1 aromatic rings. The minimum absolute atomic E-state index is 0.282. The van der Waals surface area contributed by atoms with Crippen LogP contribution in [0, 0.1) is 6.92 Å². The lowest BCUT2D eigenvalue weighted by molar-refractivity contribution is 0.0878. The molecule has 0 saturated heterocycles. The van der Waals surface area contributed by atoms with Crippen molar-refractivity contribution in [2.24, 2.45) is 0 Å². The van der Waals surface area contributed by atoms with Crippen molar-refractivity contribution in [2.45, 2.75) is 13.0 Å². The summed E-state index contributed by atoms with van der Waals surface area (Å²) in [4.78, 5) is 11.8. The topological polar surface area (TPSA) is 69.6 Å². The average Bonchev–Trinajstić information content (AvgIpc) is 2.29. The Hall–Kier alpha value is -0.910. The Balaban J connectivity index is 2.84.